The van der Waals surface area contributed by atoms with Crippen molar-refractivity contribution in [3.8, 4) is 17.0 Å². The SMILES string of the molecule is O=C(O)CCN1CCc2ncc(-c3ccc(OCc4ccccc4)cc3)nc2C1. The van der Waals surface area contributed by atoms with Crippen molar-refractivity contribution >= 4 is 5.97 Å². The lowest BCUT2D eigenvalue weighted by molar-refractivity contribution is -0.137. The Kier molecular flexibility index (Phi) is 5.81. The van der Waals surface area contributed by atoms with E-state index in [-0.39, 0.29) is 6.42 Å². The number of aromatic nitrogens is 2. The molecule has 0 spiro atoms. The van der Waals surface area contributed by atoms with Gasteiger partial charge >= 0.3 is 5.97 Å². The summed E-state index contributed by atoms with van der Waals surface area (Å²) in [7, 11) is 0. The van der Waals surface area contributed by atoms with Crippen LogP contribution >= 0.6 is 0 Å². The Morgan fingerprint density at radius 2 is 1.86 bits per heavy atom. The molecule has 2 aromatic carbocycles. The number of aliphatic carboxylic acids is 1. The molecule has 0 fully saturated rings. The van der Waals surface area contributed by atoms with E-state index in [1.165, 1.54) is 0 Å². The van der Waals surface area contributed by atoms with Crippen LogP contribution in [0.4, 0.5) is 0 Å². The Bertz CT molecular complexity index is 974. The molecular weight excluding hydrogens is 366 g/mol. The first kappa shape index (κ1) is 19.1. The van der Waals surface area contributed by atoms with Crippen molar-refractivity contribution in [1.29, 1.82) is 0 Å². The van der Waals surface area contributed by atoms with Gasteiger partial charge in [0.25, 0.3) is 0 Å². The molecule has 6 nitrogen and oxygen atoms in total. The minimum absolute atomic E-state index is 0.146. The van der Waals surface area contributed by atoms with Crippen LogP contribution in [0, 0.1) is 0 Å². The molecule has 1 aromatic heterocycles. The predicted molar refractivity (Wildman–Crippen MR) is 109 cm³/mol. The molecular formula is C23H23N3O3. The number of carbonyl (C=O) groups is 1. The average Bonchev–Trinajstić information content (AvgIpc) is 2.77. The van der Waals surface area contributed by atoms with Gasteiger partial charge in [-0.05, 0) is 29.8 Å². The number of benzene rings is 2. The summed E-state index contributed by atoms with van der Waals surface area (Å²) in [4.78, 5) is 22.3. The van der Waals surface area contributed by atoms with Gasteiger partial charge in [0.2, 0.25) is 0 Å². The van der Waals surface area contributed by atoms with Gasteiger partial charge in [-0.15, -0.1) is 0 Å². The van der Waals surface area contributed by atoms with E-state index in [1.807, 2.05) is 60.8 Å². The molecule has 0 saturated carbocycles. The molecule has 1 N–H and O–H groups in total. The maximum absolute atomic E-state index is 10.8. The minimum atomic E-state index is -0.773. The van der Waals surface area contributed by atoms with Crippen LogP contribution in [0.2, 0.25) is 0 Å². The number of ether oxygens (including phenoxy) is 1. The highest BCUT2D eigenvalue weighted by molar-refractivity contribution is 5.66. The topological polar surface area (TPSA) is 75.5 Å². The van der Waals surface area contributed by atoms with Crippen LogP contribution in [0.1, 0.15) is 23.4 Å². The zero-order chi connectivity index (χ0) is 20.1. The minimum Gasteiger partial charge on any atom is -0.489 e. The van der Waals surface area contributed by atoms with Crippen molar-refractivity contribution in [3.05, 3.63) is 77.7 Å². The van der Waals surface area contributed by atoms with Crippen molar-refractivity contribution in [2.24, 2.45) is 0 Å². The van der Waals surface area contributed by atoms with Crippen LogP contribution in [0.15, 0.2) is 60.8 Å². The number of carboxylic acid groups (broad SMARTS) is 1. The van der Waals surface area contributed by atoms with Crippen molar-refractivity contribution in [2.45, 2.75) is 26.0 Å². The van der Waals surface area contributed by atoms with Gasteiger partial charge in [-0.2, -0.15) is 0 Å². The highest BCUT2D eigenvalue weighted by Crippen LogP contribution is 2.24. The molecule has 4 rings (SSSR count). The summed E-state index contributed by atoms with van der Waals surface area (Å²) in [5.74, 6) is 0.0357. The number of hydrogen-bond acceptors (Lipinski definition) is 5. The lowest BCUT2D eigenvalue weighted by atomic mass is 10.1. The molecule has 0 radical (unpaired) electrons. The van der Waals surface area contributed by atoms with Gasteiger partial charge in [0.15, 0.2) is 0 Å². The number of nitrogens with zero attached hydrogens (tertiary/aromatic N) is 3. The summed E-state index contributed by atoms with van der Waals surface area (Å²) in [6, 6.07) is 17.9. The number of carboxylic acids is 1. The van der Waals surface area contributed by atoms with E-state index < -0.39 is 5.97 Å². The molecule has 1 aliphatic rings. The molecule has 29 heavy (non-hydrogen) atoms. The standard InChI is InChI=1S/C23H23N3O3/c27-23(28)11-13-26-12-10-20-22(15-26)25-21(14-24-20)18-6-8-19(9-7-18)29-16-17-4-2-1-3-5-17/h1-9,14H,10-13,15-16H2,(H,27,28). The van der Waals surface area contributed by atoms with Gasteiger partial charge < -0.3 is 9.84 Å². The van der Waals surface area contributed by atoms with Crippen LogP contribution in [-0.2, 0) is 24.4 Å². The Labute approximate surface area is 169 Å². The van der Waals surface area contributed by atoms with Gasteiger partial charge in [-0.1, -0.05) is 30.3 Å². The average molecular weight is 389 g/mol. The molecule has 6 heteroatoms. The number of fused-ring (bicyclic) bond motifs is 1. The zero-order valence-electron chi connectivity index (χ0n) is 16.1. The fraction of sp³-hybridized carbons (Fsp3) is 0.261. The fourth-order valence-corrected chi connectivity index (χ4v) is 3.39. The third-order valence-electron chi connectivity index (χ3n) is 5.01. The van der Waals surface area contributed by atoms with E-state index in [0.29, 0.717) is 19.7 Å². The van der Waals surface area contributed by atoms with Crippen LogP contribution in [-0.4, -0.2) is 39.0 Å². The van der Waals surface area contributed by atoms with E-state index in [4.69, 9.17) is 14.8 Å². The first-order valence-corrected chi connectivity index (χ1v) is 9.73. The van der Waals surface area contributed by atoms with E-state index in [1.54, 1.807) is 0 Å². The predicted octanol–water partition coefficient (Wildman–Crippen LogP) is 3.56. The second kappa shape index (κ2) is 8.84. The lowest BCUT2D eigenvalue weighted by Gasteiger charge is -2.27. The quantitative estimate of drug-likeness (QED) is 0.666. The van der Waals surface area contributed by atoms with Gasteiger partial charge in [-0.25, -0.2) is 4.98 Å². The summed E-state index contributed by atoms with van der Waals surface area (Å²) in [6.45, 7) is 2.53. The monoisotopic (exact) mass is 389 g/mol. The number of rotatable bonds is 7. The van der Waals surface area contributed by atoms with Crippen molar-refractivity contribution in [3.63, 3.8) is 0 Å². The van der Waals surface area contributed by atoms with Gasteiger partial charge in [0.1, 0.15) is 12.4 Å². The lowest BCUT2D eigenvalue weighted by Crippen LogP contribution is -2.33. The van der Waals surface area contributed by atoms with Gasteiger partial charge in [-0.3, -0.25) is 14.7 Å². The summed E-state index contributed by atoms with van der Waals surface area (Å²) in [5, 5.41) is 8.89. The molecule has 0 unspecified atom stereocenters. The third-order valence-corrected chi connectivity index (χ3v) is 5.01. The Morgan fingerprint density at radius 1 is 1.07 bits per heavy atom. The third kappa shape index (κ3) is 4.97. The van der Waals surface area contributed by atoms with E-state index in [0.717, 1.165) is 46.9 Å². The zero-order valence-corrected chi connectivity index (χ0v) is 16.1. The first-order valence-electron chi connectivity index (χ1n) is 9.73. The van der Waals surface area contributed by atoms with Crippen molar-refractivity contribution in [1.82, 2.24) is 14.9 Å². The van der Waals surface area contributed by atoms with Crippen LogP contribution in [0.5, 0.6) is 5.75 Å². The summed E-state index contributed by atoms with van der Waals surface area (Å²) in [5.41, 5.74) is 4.87. The second-order valence-corrected chi connectivity index (χ2v) is 7.12. The van der Waals surface area contributed by atoms with Crippen LogP contribution in [0.3, 0.4) is 0 Å². The van der Waals surface area contributed by atoms with Crippen molar-refractivity contribution in [2.75, 3.05) is 13.1 Å². The summed E-state index contributed by atoms with van der Waals surface area (Å²) < 4.78 is 5.84. The highest BCUT2D eigenvalue weighted by Gasteiger charge is 2.19. The molecule has 0 amide bonds. The Balaban J connectivity index is 1.42. The fourth-order valence-electron chi connectivity index (χ4n) is 3.39. The Hall–Kier alpha value is -3.25. The van der Waals surface area contributed by atoms with E-state index in [9.17, 15) is 4.79 Å². The molecule has 2 heterocycles. The van der Waals surface area contributed by atoms with Gasteiger partial charge in [0.05, 0.1) is 29.7 Å². The molecule has 0 aliphatic carbocycles. The molecule has 1 aliphatic heterocycles. The molecule has 0 bridgehead atoms. The molecule has 0 saturated heterocycles. The highest BCUT2D eigenvalue weighted by atomic mass is 16.5. The largest absolute Gasteiger partial charge is 0.489 e. The van der Waals surface area contributed by atoms with E-state index in [2.05, 4.69) is 9.88 Å². The van der Waals surface area contributed by atoms with E-state index >= 15 is 0 Å². The smallest absolute Gasteiger partial charge is 0.304 e. The summed E-state index contributed by atoms with van der Waals surface area (Å²) in [6.07, 6.45) is 2.76. The Morgan fingerprint density at radius 3 is 2.62 bits per heavy atom. The van der Waals surface area contributed by atoms with Crippen LogP contribution in [0.25, 0.3) is 11.3 Å². The second-order valence-electron chi connectivity index (χ2n) is 7.12. The van der Waals surface area contributed by atoms with Gasteiger partial charge in [0, 0.05) is 31.6 Å². The van der Waals surface area contributed by atoms with Crippen LogP contribution < -0.4 is 4.74 Å². The van der Waals surface area contributed by atoms with Crippen molar-refractivity contribution < 1.29 is 14.6 Å². The normalized spacial score (nSPS) is 13.7. The molecule has 148 valence electrons. The molecule has 3 aromatic rings. The number of hydrogen-bond donors (Lipinski definition) is 1. The summed E-state index contributed by atoms with van der Waals surface area (Å²) >= 11 is 0. The molecule has 0 atom stereocenters. The maximum Gasteiger partial charge on any atom is 0.304 e. The first-order chi connectivity index (χ1) is 14.2. The maximum atomic E-state index is 10.8.